The lowest BCUT2D eigenvalue weighted by Crippen LogP contribution is -2.47. The van der Waals surface area contributed by atoms with Crippen LogP contribution in [0.4, 0.5) is 0 Å². The van der Waals surface area contributed by atoms with E-state index in [0.717, 1.165) is 11.6 Å². The third-order valence-corrected chi connectivity index (χ3v) is 4.02. The maximum atomic E-state index is 5.96. The van der Waals surface area contributed by atoms with Gasteiger partial charge in [-0.1, -0.05) is 44.5 Å². The zero-order valence-electron chi connectivity index (χ0n) is 10.3. The largest absolute Gasteiger partial charge is 0.307 e. The third-order valence-electron chi connectivity index (χ3n) is 3.77. The van der Waals surface area contributed by atoms with Crippen LogP contribution >= 0.6 is 11.6 Å². The van der Waals surface area contributed by atoms with E-state index in [1.165, 1.54) is 18.4 Å². The van der Waals surface area contributed by atoms with Crippen molar-refractivity contribution in [2.24, 2.45) is 5.41 Å². The van der Waals surface area contributed by atoms with Gasteiger partial charge in [0.2, 0.25) is 0 Å². The summed E-state index contributed by atoms with van der Waals surface area (Å²) < 4.78 is 0. The molecule has 1 fully saturated rings. The molecule has 88 valence electrons. The molecule has 1 aromatic rings. The van der Waals surface area contributed by atoms with Gasteiger partial charge < -0.3 is 5.32 Å². The Kier molecular flexibility index (Phi) is 3.02. The highest BCUT2D eigenvalue weighted by atomic mass is 35.5. The van der Waals surface area contributed by atoms with Crippen molar-refractivity contribution in [3.8, 4) is 0 Å². The van der Waals surface area contributed by atoms with Gasteiger partial charge in [0.1, 0.15) is 0 Å². The van der Waals surface area contributed by atoms with E-state index in [1.54, 1.807) is 0 Å². The number of hydrogen-bond acceptors (Lipinski definition) is 1. The summed E-state index contributed by atoms with van der Waals surface area (Å²) in [4.78, 5) is 0. The van der Waals surface area contributed by atoms with Crippen molar-refractivity contribution in [1.82, 2.24) is 5.32 Å². The molecule has 0 amide bonds. The summed E-state index contributed by atoms with van der Waals surface area (Å²) in [5, 5.41) is 4.51. The molecule has 0 aromatic heterocycles. The van der Waals surface area contributed by atoms with Crippen LogP contribution in [-0.4, -0.2) is 6.54 Å². The molecule has 1 aliphatic rings. The summed E-state index contributed by atoms with van der Waals surface area (Å²) in [7, 11) is 0. The minimum absolute atomic E-state index is 0.109. The lowest BCUT2D eigenvalue weighted by molar-refractivity contribution is 0.160. The average Bonchev–Trinajstić information content (AvgIpc) is 2.68. The van der Waals surface area contributed by atoms with E-state index in [9.17, 15) is 0 Å². The topological polar surface area (TPSA) is 12.0 Å². The van der Waals surface area contributed by atoms with Crippen LogP contribution in [0.25, 0.3) is 0 Å². The van der Waals surface area contributed by atoms with Gasteiger partial charge in [0.05, 0.1) is 0 Å². The molecule has 1 heterocycles. The monoisotopic (exact) mass is 237 g/mol. The van der Waals surface area contributed by atoms with E-state index in [1.807, 2.05) is 12.1 Å². The van der Waals surface area contributed by atoms with Crippen LogP contribution in [-0.2, 0) is 5.54 Å². The maximum Gasteiger partial charge on any atom is 0.0484 e. The Hall–Kier alpha value is -0.530. The zero-order chi connectivity index (χ0) is 11.8. The van der Waals surface area contributed by atoms with Crippen LogP contribution < -0.4 is 5.32 Å². The Labute approximate surface area is 103 Å². The van der Waals surface area contributed by atoms with Crippen LogP contribution in [0.1, 0.15) is 39.2 Å². The van der Waals surface area contributed by atoms with Gasteiger partial charge in [-0.3, -0.25) is 0 Å². The lowest BCUT2D eigenvalue weighted by Gasteiger charge is -2.43. The molecule has 16 heavy (non-hydrogen) atoms. The van der Waals surface area contributed by atoms with Crippen molar-refractivity contribution in [1.29, 1.82) is 0 Å². The molecule has 0 bridgehead atoms. The van der Waals surface area contributed by atoms with Gasteiger partial charge in [-0.15, -0.1) is 0 Å². The predicted octanol–water partition coefficient (Wildman–Crippen LogP) is 3.96. The summed E-state index contributed by atoms with van der Waals surface area (Å²) in [6, 6.07) is 8.30. The molecule has 1 atom stereocenters. The lowest BCUT2D eigenvalue weighted by atomic mass is 9.68. The first-order chi connectivity index (χ1) is 7.46. The fourth-order valence-electron chi connectivity index (χ4n) is 2.80. The second-order valence-corrected chi connectivity index (χ2v) is 6.13. The quantitative estimate of drug-likeness (QED) is 0.780. The minimum Gasteiger partial charge on any atom is -0.307 e. The number of hydrogen-bond donors (Lipinski definition) is 1. The van der Waals surface area contributed by atoms with Crippen LogP contribution in [0, 0.1) is 5.41 Å². The molecule has 0 radical (unpaired) electrons. The molecule has 1 N–H and O–H groups in total. The van der Waals surface area contributed by atoms with Gasteiger partial charge >= 0.3 is 0 Å². The molecule has 2 rings (SSSR count). The van der Waals surface area contributed by atoms with Crippen molar-refractivity contribution in [3.63, 3.8) is 0 Å². The number of benzene rings is 1. The maximum absolute atomic E-state index is 5.96. The highest BCUT2D eigenvalue weighted by Crippen LogP contribution is 2.45. The van der Waals surface area contributed by atoms with Crippen LogP contribution in [0.3, 0.4) is 0 Å². The molecule has 0 aliphatic carbocycles. The van der Waals surface area contributed by atoms with Crippen molar-refractivity contribution >= 4 is 11.6 Å². The molecule has 1 nitrogen and oxygen atoms in total. The average molecular weight is 238 g/mol. The fourth-order valence-corrected chi connectivity index (χ4v) is 2.92. The van der Waals surface area contributed by atoms with E-state index in [4.69, 9.17) is 11.6 Å². The Morgan fingerprint density at radius 3 is 2.25 bits per heavy atom. The number of halogens is 1. The van der Waals surface area contributed by atoms with Crippen molar-refractivity contribution in [2.45, 2.75) is 39.2 Å². The van der Waals surface area contributed by atoms with Crippen molar-refractivity contribution in [3.05, 3.63) is 34.9 Å². The Morgan fingerprint density at radius 1 is 1.19 bits per heavy atom. The first-order valence-electron chi connectivity index (χ1n) is 5.97. The molecule has 1 saturated heterocycles. The van der Waals surface area contributed by atoms with E-state index in [0.29, 0.717) is 0 Å². The highest BCUT2D eigenvalue weighted by molar-refractivity contribution is 6.30. The van der Waals surface area contributed by atoms with Crippen LogP contribution in [0.2, 0.25) is 5.02 Å². The van der Waals surface area contributed by atoms with Gasteiger partial charge in [0, 0.05) is 10.6 Å². The van der Waals surface area contributed by atoms with Gasteiger partial charge in [0.15, 0.2) is 0 Å². The summed E-state index contributed by atoms with van der Waals surface area (Å²) in [6.07, 6.45) is 2.46. The van der Waals surface area contributed by atoms with Gasteiger partial charge in [-0.05, 0) is 42.5 Å². The van der Waals surface area contributed by atoms with E-state index in [2.05, 4.69) is 38.2 Å². The predicted molar refractivity (Wildman–Crippen MR) is 69.8 cm³/mol. The zero-order valence-corrected chi connectivity index (χ0v) is 11.1. The summed E-state index contributed by atoms with van der Waals surface area (Å²) in [6.45, 7) is 8.03. The molecule has 2 heteroatoms. The molecule has 0 saturated carbocycles. The minimum atomic E-state index is 0.109. The summed E-state index contributed by atoms with van der Waals surface area (Å²) >= 11 is 5.96. The third kappa shape index (κ3) is 1.87. The van der Waals surface area contributed by atoms with Gasteiger partial charge in [-0.2, -0.15) is 0 Å². The highest BCUT2D eigenvalue weighted by Gasteiger charge is 2.44. The second kappa shape index (κ2) is 4.05. The number of rotatable bonds is 1. The standard InChI is InChI=1S/C14H20ClN/c1-13(2,3)14(9-4-10-16-14)11-5-7-12(15)8-6-11/h5-8,16H,4,9-10H2,1-3H3. The summed E-state index contributed by atoms with van der Waals surface area (Å²) in [5.74, 6) is 0. The van der Waals surface area contributed by atoms with E-state index < -0.39 is 0 Å². The van der Waals surface area contributed by atoms with Crippen LogP contribution in [0.5, 0.6) is 0 Å². The SMILES string of the molecule is CC(C)(C)C1(c2ccc(Cl)cc2)CCCN1. The molecule has 1 unspecified atom stereocenters. The first kappa shape index (κ1) is 11.9. The Balaban J connectivity index is 2.44. The normalized spacial score (nSPS) is 26.0. The van der Waals surface area contributed by atoms with Crippen molar-refractivity contribution < 1.29 is 0 Å². The van der Waals surface area contributed by atoms with Gasteiger partial charge in [-0.25, -0.2) is 0 Å². The molecular formula is C14H20ClN. The molecule has 1 aliphatic heterocycles. The fraction of sp³-hybridized carbons (Fsp3) is 0.571. The van der Waals surface area contributed by atoms with Gasteiger partial charge in [0.25, 0.3) is 0 Å². The van der Waals surface area contributed by atoms with Crippen LogP contribution in [0.15, 0.2) is 24.3 Å². The molecule has 1 aromatic carbocycles. The first-order valence-corrected chi connectivity index (χ1v) is 6.35. The smallest absolute Gasteiger partial charge is 0.0484 e. The summed E-state index contributed by atoms with van der Waals surface area (Å²) in [5.41, 5.74) is 1.69. The van der Waals surface area contributed by atoms with E-state index in [-0.39, 0.29) is 11.0 Å². The second-order valence-electron chi connectivity index (χ2n) is 5.69. The Bertz CT molecular complexity index is 355. The van der Waals surface area contributed by atoms with E-state index >= 15 is 0 Å². The Morgan fingerprint density at radius 2 is 1.81 bits per heavy atom. The number of nitrogens with one attached hydrogen (secondary N) is 1. The molecular weight excluding hydrogens is 218 g/mol. The molecule has 0 spiro atoms. The van der Waals surface area contributed by atoms with Crippen molar-refractivity contribution in [2.75, 3.05) is 6.54 Å².